The molecule has 0 saturated carbocycles. The van der Waals surface area contributed by atoms with Crippen LogP contribution in [-0.4, -0.2) is 4.98 Å². The summed E-state index contributed by atoms with van der Waals surface area (Å²) in [6, 6.07) is 52.9. The minimum absolute atomic E-state index is 0. The van der Waals surface area contributed by atoms with E-state index in [0.29, 0.717) is 11.8 Å². The Morgan fingerprint density at radius 2 is 1.00 bits per heavy atom. The second-order valence-corrected chi connectivity index (χ2v) is 14.4. The Kier molecular flexibility index (Phi) is 19.9. The van der Waals surface area contributed by atoms with Crippen LogP contribution in [0.15, 0.2) is 164 Å². The fourth-order valence-electron chi connectivity index (χ4n) is 5.67. The maximum atomic E-state index is 5.48. The number of para-hydroxylation sites is 1. The molecule has 0 aliphatic rings. The molecular formula is C50H58N2OZr. The SMILES string of the molecule is CC(C)c1cccc(C(C)C)c1[N-]C(C)(C)c1ccccn1.[CH2-]OC(C)(Cc1ccccc1)c1ccccc1.[CH2-]c1ccccc1.[CH2-]c1ccccc1.[Zr+4]. The summed E-state index contributed by atoms with van der Waals surface area (Å²) in [7, 11) is 3.63. The molecule has 4 heteroatoms. The molecule has 1 heterocycles. The predicted molar refractivity (Wildman–Crippen MR) is 227 cm³/mol. The molecule has 0 bridgehead atoms. The van der Waals surface area contributed by atoms with E-state index < -0.39 is 0 Å². The van der Waals surface area contributed by atoms with Gasteiger partial charge < -0.3 is 10.1 Å². The van der Waals surface area contributed by atoms with Crippen molar-refractivity contribution in [3.8, 4) is 0 Å². The van der Waals surface area contributed by atoms with Crippen LogP contribution in [0.4, 0.5) is 5.69 Å². The molecule has 3 nitrogen and oxygen atoms in total. The summed E-state index contributed by atoms with van der Waals surface area (Å²) >= 11 is 0. The maximum absolute atomic E-state index is 5.48. The molecule has 54 heavy (non-hydrogen) atoms. The molecule has 1 aromatic heterocycles. The quantitative estimate of drug-likeness (QED) is 0.137. The van der Waals surface area contributed by atoms with E-state index in [2.05, 4.69) is 123 Å². The van der Waals surface area contributed by atoms with Crippen LogP contribution in [-0.2, 0) is 48.5 Å². The number of ether oxygens (including phenoxy) is 1. The van der Waals surface area contributed by atoms with Crippen LogP contribution in [0.1, 0.15) is 99.4 Å². The molecule has 0 spiro atoms. The molecule has 0 aliphatic heterocycles. The van der Waals surface area contributed by atoms with E-state index in [1.54, 1.807) is 0 Å². The van der Waals surface area contributed by atoms with Gasteiger partial charge in [-0.1, -0.05) is 155 Å². The van der Waals surface area contributed by atoms with Crippen LogP contribution < -0.4 is 0 Å². The van der Waals surface area contributed by atoms with Crippen molar-refractivity contribution < 1.29 is 30.9 Å². The largest absolute Gasteiger partial charge is 4.00 e. The molecule has 6 rings (SSSR count). The second-order valence-electron chi connectivity index (χ2n) is 14.4. The number of hydrogen-bond acceptors (Lipinski definition) is 2. The first-order valence-electron chi connectivity index (χ1n) is 18.4. The van der Waals surface area contributed by atoms with Gasteiger partial charge >= 0.3 is 26.2 Å². The van der Waals surface area contributed by atoms with Crippen molar-refractivity contribution in [3.05, 3.63) is 229 Å². The third-order valence-electron chi connectivity index (χ3n) is 8.80. The molecule has 6 aromatic rings. The fraction of sp³-hybridized carbons (Fsp3) is 0.240. The van der Waals surface area contributed by atoms with Gasteiger partial charge in [-0.2, -0.15) is 49.2 Å². The molecule has 0 aliphatic carbocycles. The minimum atomic E-state index is -0.372. The van der Waals surface area contributed by atoms with Crippen LogP contribution in [0.3, 0.4) is 0 Å². The van der Waals surface area contributed by atoms with Gasteiger partial charge in [-0.15, -0.1) is 30.0 Å². The van der Waals surface area contributed by atoms with Crippen molar-refractivity contribution in [2.24, 2.45) is 0 Å². The van der Waals surface area contributed by atoms with Crippen LogP contribution in [0.5, 0.6) is 0 Å². The molecule has 0 N–H and O–H groups in total. The smallest absolute Gasteiger partial charge is 0.674 e. The summed E-state index contributed by atoms with van der Waals surface area (Å²) in [5.41, 5.74) is 8.61. The van der Waals surface area contributed by atoms with Crippen LogP contribution >= 0.6 is 0 Å². The summed E-state index contributed by atoms with van der Waals surface area (Å²) in [5, 5.41) is 5.14. The zero-order chi connectivity index (χ0) is 38.7. The van der Waals surface area contributed by atoms with Gasteiger partial charge in [0.2, 0.25) is 0 Å². The Hall–Kier alpha value is -4.37. The van der Waals surface area contributed by atoms with Gasteiger partial charge in [-0.25, -0.2) is 7.11 Å². The first-order chi connectivity index (χ1) is 25.4. The van der Waals surface area contributed by atoms with Crippen molar-refractivity contribution >= 4 is 5.69 Å². The Morgan fingerprint density at radius 1 is 0.574 bits per heavy atom. The van der Waals surface area contributed by atoms with E-state index in [1.165, 1.54) is 16.7 Å². The Morgan fingerprint density at radius 3 is 1.37 bits per heavy atom. The molecular weight excluding hydrogens is 736 g/mol. The molecule has 1 unspecified atom stereocenters. The summed E-state index contributed by atoms with van der Waals surface area (Å²) in [6.45, 7) is 22.7. The van der Waals surface area contributed by atoms with Gasteiger partial charge in [0.1, 0.15) is 0 Å². The van der Waals surface area contributed by atoms with Gasteiger partial charge in [0.05, 0.1) is 5.60 Å². The van der Waals surface area contributed by atoms with E-state index in [9.17, 15) is 0 Å². The second kappa shape index (κ2) is 23.4. The number of hydrogen-bond donors (Lipinski definition) is 0. The van der Waals surface area contributed by atoms with E-state index in [-0.39, 0.29) is 37.3 Å². The van der Waals surface area contributed by atoms with Gasteiger partial charge in [0, 0.05) is 18.3 Å². The van der Waals surface area contributed by atoms with E-state index in [0.717, 1.165) is 34.5 Å². The first kappa shape index (κ1) is 45.8. The Balaban J connectivity index is 0.000000276. The molecule has 0 fully saturated rings. The molecule has 0 radical (unpaired) electrons. The molecule has 0 amide bonds. The minimum Gasteiger partial charge on any atom is -0.674 e. The van der Waals surface area contributed by atoms with Crippen molar-refractivity contribution in [3.63, 3.8) is 0 Å². The van der Waals surface area contributed by atoms with Crippen molar-refractivity contribution in [2.75, 3.05) is 0 Å². The average molecular weight is 794 g/mol. The molecule has 5 aromatic carbocycles. The number of pyridine rings is 1. The van der Waals surface area contributed by atoms with Crippen LogP contribution in [0.25, 0.3) is 5.32 Å². The van der Waals surface area contributed by atoms with Crippen molar-refractivity contribution in [1.29, 1.82) is 0 Å². The molecule has 278 valence electrons. The van der Waals surface area contributed by atoms with Gasteiger partial charge in [-0.05, 0) is 42.0 Å². The summed E-state index contributed by atoms with van der Waals surface area (Å²) in [6.07, 6.45) is 2.66. The zero-order valence-electron chi connectivity index (χ0n) is 33.4. The summed E-state index contributed by atoms with van der Waals surface area (Å²) in [5.74, 6) is 0.911. The summed E-state index contributed by atoms with van der Waals surface area (Å²) < 4.78 is 5.48. The third kappa shape index (κ3) is 15.2. The van der Waals surface area contributed by atoms with Crippen molar-refractivity contribution in [1.82, 2.24) is 4.98 Å². The Labute approximate surface area is 346 Å². The first-order valence-corrected chi connectivity index (χ1v) is 18.4. The maximum Gasteiger partial charge on any atom is 4.00 e. The fourth-order valence-corrected chi connectivity index (χ4v) is 5.67. The average Bonchev–Trinajstić information content (AvgIpc) is 3.17. The third-order valence-corrected chi connectivity index (χ3v) is 8.80. The van der Waals surface area contributed by atoms with E-state index in [1.807, 2.05) is 115 Å². The van der Waals surface area contributed by atoms with Crippen LogP contribution in [0, 0.1) is 21.0 Å². The van der Waals surface area contributed by atoms with Crippen molar-refractivity contribution in [2.45, 2.75) is 77.9 Å². The van der Waals surface area contributed by atoms with Gasteiger partial charge in [-0.3, -0.25) is 4.98 Å². The van der Waals surface area contributed by atoms with E-state index >= 15 is 0 Å². The predicted octanol–water partition coefficient (Wildman–Crippen LogP) is 14.0. The monoisotopic (exact) mass is 792 g/mol. The number of rotatable bonds is 9. The summed E-state index contributed by atoms with van der Waals surface area (Å²) in [4.78, 5) is 4.50. The normalized spacial score (nSPS) is 11.6. The van der Waals surface area contributed by atoms with Gasteiger partial charge in [0.15, 0.2) is 0 Å². The molecule has 1 atom stereocenters. The van der Waals surface area contributed by atoms with E-state index in [4.69, 9.17) is 10.1 Å². The van der Waals surface area contributed by atoms with Crippen LogP contribution in [0.2, 0.25) is 0 Å². The standard InChI is InChI=1S/C20H27N2.C16H17O.2C7H7.Zr/c1-14(2)16-10-9-11-17(15(3)4)19(16)22-20(5,6)18-12-7-8-13-21-18;1-16(17-2,15-11-7-4-8-12-15)13-14-9-5-3-6-10-14;2*1-7-5-3-2-4-6-7;/h7-15H,1-6H3;3-12H,2,13H2,1H3;2*2-6H,1H2;/q4*-1;+4. The number of nitrogens with zero attached hydrogens (tertiary/aromatic N) is 2. The van der Waals surface area contributed by atoms with Gasteiger partial charge in [0.25, 0.3) is 0 Å². The Bertz CT molecular complexity index is 1780. The zero-order valence-corrected chi connectivity index (χ0v) is 35.8. The number of benzene rings is 5. The topological polar surface area (TPSA) is 36.2 Å². The number of aromatic nitrogens is 1. The molecule has 0 saturated heterocycles.